The van der Waals surface area contributed by atoms with Crippen LogP contribution in [0.4, 0.5) is 0 Å². The first kappa shape index (κ1) is 17.9. The van der Waals surface area contributed by atoms with Crippen molar-refractivity contribution in [3.8, 4) is 0 Å². The second-order valence-corrected chi connectivity index (χ2v) is 8.68. The van der Waals surface area contributed by atoms with Gasteiger partial charge in [-0.25, -0.2) is 12.7 Å². The van der Waals surface area contributed by atoms with Crippen molar-refractivity contribution in [3.05, 3.63) is 24.2 Å². The van der Waals surface area contributed by atoms with Crippen LogP contribution in [0, 0.1) is 5.92 Å². The van der Waals surface area contributed by atoms with Crippen LogP contribution in [0.5, 0.6) is 0 Å². The van der Waals surface area contributed by atoms with Gasteiger partial charge < -0.3 is 14.6 Å². The van der Waals surface area contributed by atoms with Gasteiger partial charge >= 0.3 is 0 Å². The van der Waals surface area contributed by atoms with Crippen molar-refractivity contribution in [2.24, 2.45) is 5.92 Å². The van der Waals surface area contributed by atoms with Crippen LogP contribution in [-0.2, 0) is 26.2 Å². The first-order chi connectivity index (χ1) is 11.8. The van der Waals surface area contributed by atoms with E-state index < -0.39 is 10.0 Å². The molecule has 2 amide bonds. The molecule has 3 heterocycles. The predicted octanol–water partition coefficient (Wildman–Crippen LogP) is 0.168. The number of sulfonamides is 1. The van der Waals surface area contributed by atoms with Gasteiger partial charge in [0, 0.05) is 32.1 Å². The van der Waals surface area contributed by atoms with E-state index in [0.29, 0.717) is 44.8 Å². The number of carbonyl (C=O) groups excluding carboxylic acids is 2. The molecule has 1 aromatic heterocycles. The molecule has 2 aliphatic rings. The summed E-state index contributed by atoms with van der Waals surface area (Å²) in [5.74, 6) is 0.148. The summed E-state index contributed by atoms with van der Waals surface area (Å²) in [6.07, 6.45) is 4.15. The highest BCUT2D eigenvalue weighted by Crippen LogP contribution is 2.21. The minimum Gasteiger partial charge on any atom is -0.467 e. The van der Waals surface area contributed by atoms with Crippen LogP contribution in [0.3, 0.4) is 0 Å². The molecule has 2 saturated heterocycles. The van der Waals surface area contributed by atoms with Crippen LogP contribution in [0.1, 0.15) is 25.0 Å². The number of nitrogens with zero attached hydrogens (tertiary/aromatic N) is 2. The largest absolute Gasteiger partial charge is 0.467 e. The monoisotopic (exact) mass is 369 g/mol. The summed E-state index contributed by atoms with van der Waals surface area (Å²) in [5.41, 5.74) is 0. The van der Waals surface area contributed by atoms with E-state index in [1.165, 1.54) is 10.6 Å². The molecule has 1 atom stereocenters. The second kappa shape index (κ2) is 7.17. The number of amides is 2. The maximum atomic E-state index is 12.4. The predicted molar refractivity (Wildman–Crippen MR) is 89.8 cm³/mol. The van der Waals surface area contributed by atoms with Crippen molar-refractivity contribution in [2.75, 3.05) is 25.9 Å². The molecule has 0 spiro atoms. The summed E-state index contributed by atoms with van der Waals surface area (Å²) in [6, 6.07) is 3.53. The van der Waals surface area contributed by atoms with Gasteiger partial charge in [-0.3, -0.25) is 9.59 Å². The first-order valence-electron chi connectivity index (χ1n) is 8.38. The van der Waals surface area contributed by atoms with E-state index >= 15 is 0 Å². The topological polar surface area (TPSA) is 99.9 Å². The number of nitrogens with one attached hydrogen (secondary N) is 1. The van der Waals surface area contributed by atoms with Gasteiger partial charge in [-0.05, 0) is 25.0 Å². The Balaban J connectivity index is 1.48. The van der Waals surface area contributed by atoms with Crippen LogP contribution < -0.4 is 5.32 Å². The van der Waals surface area contributed by atoms with E-state index in [9.17, 15) is 18.0 Å². The van der Waals surface area contributed by atoms with Crippen LogP contribution in [0.15, 0.2) is 22.8 Å². The maximum absolute atomic E-state index is 12.4. The number of hydrogen-bond acceptors (Lipinski definition) is 5. The summed E-state index contributed by atoms with van der Waals surface area (Å²) >= 11 is 0. The smallest absolute Gasteiger partial charge is 0.225 e. The molecule has 0 aromatic carbocycles. The van der Waals surface area contributed by atoms with E-state index in [4.69, 9.17) is 4.42 Å². The van der Waals surface area contributed by atoms with Gasteiger partial charge in [0.25, 0.3) is 0 Å². The average Bonchev–Trinajstić information content (AvgIpc) is 3.18. The molecule has 0 saturated carbocycles. The standard InChI is InChI=1S/C16H23N3O5S/c1-25(22,23)19-6-4-13(5-7-19)17-16(21)12-9-15(20)18(10-12)11-14-3-2-8-24-14/h2-3,8,12-13H,4-7,9-11H2,1H3,(H,17,21)/t12-/m0/s1. The van der Waals surface area contributed by atoms with Crippen molar-refractivity contribution >= 4 is 21.8 Å². The highest BCUT2D eigenvalue weighted by atomic mass is 32.2. The number of piperidine rings is 1. The average molecular weight is 369 g/mol. The van der Waals surface area contributed by atoms with Gasteiger partial charge in [-0.2, -0.15) is 0 Å². The fourth-order valence-corrected chi connectivity index (χ4v) is 4.22. The molecular weight excluding hydrogens is 346 g/mol. The Kier molecular flexibility index (Phi) is 5.14. The normalized spacial score (nSPS) is 23.2. The van der Waals surface area contributed by atoms with Gasteiger partial charge in [0.05, 0.1) is 25.0 Å². The molecule has 3 rings (SSSR count). The fraction of sp³-hybridized carbons (Fsp3) is 0.625. The summed E-state index contributed by atoms with van der Waals surface area (Å²) in [7, 11) is -3.17. The third-order valence-electron chi connectivity index (χ3n) is 4.78. The number of furan rings is 1. The molecule has 0 aliphatic carbocycles. The Morgan fingerprint density at radius 1 is 1.36 bits per heavy atom. The molecule has 138 valence electrons. The van der Waals surface area contributed by atoms with E-state index in [-0.39, 0.29) is 30.2 Å². The third-order valence-corrected chi connectivity index (χ3v) is 6.08. The van der Waals surface area contributed by atoms with E-state index in [1.54, 1.807) is 23.3 Å². The lowest BCUT2D eigenvalue weighted by Gasteiger charge is -2.31. The number of hydrogen-bond donors (Lipinski definition) is 1. The van der Waals surface area contributed by atoms with Crippen LogP contribution in [-0.4, -0.2) is 61.4 Å². The lowest BCUT2D eigenvalue weighted by Crippen LogP contribution is -2.47. The lowest BCUT2D eigenvalue weighted by molar-refractivity contribution is -0.129. The number of carbonyl (C=O) groups is 2. The summed E-state index contributed by atoms with van der Waals surface area (Å²) in [5, 5.41) is 2.97. The molecule has 8 nitrogen and oxygen atoms in total. The zero-order chi connectivity index (χ0) is 18.0. The van der Waals surface area contributed by atoms with Crippen LogP contribution in [0.2, 0.25) is 0 Å². The van der Waals surface area contributed by atoms with E-state index in [1.807, 2.05) is 0 Å². The second-order valence-electron chi connectivity index (χ2n) is 6.70. The Labute approximate surface area is 147 Å². The van der Waals surface area contributed by atoms with E-state index in [0.717, 1.165) is 0 Å². The van der Waals surface area contributed by atoms with Crippen molar-refractivity contribution < 1.29 is 22.4 Å². The zero-order valence-electron chi connectivity index (χ0n) is 14.2. The Morgan fingerprint density at radius 2 is 2.08 bits per heavy atom. The van der Waals surface area contributed by atoms with Gasteiger partial charge in [0.1, 0.15) is 5.76 Å². The summed E-state index contributed by atoms with van der Waals surface area (Å²) in [4.78, 5) is 26.2. The van der Waals surface area contributed by atoms with Crippen molar-refractivity contribution in [2.45, 2.75) is 31.8 Å². The van der Waals surface area contributed by atoms with Crippen LogP contribution >= 0.6 is 0 Å². The van der Waals surface area contributed by atoms with Crippen molar-refractivity contribution in [1.82, 2.24) is 14.5 Å². The molecular formula is C16H23N3O5S. The van der Waals surface area contributed by atoms with Gasteiger partial charge in [-0.15, -0.1) is 0 Å². The van der Waals surface area contributed by atoms with Gasteiger partial charge in [0.15, 0.2) is 0 Å². The zero-order valence-corrected chi connectivity index (χ0v) is 15.0. The highest BCUT2D eigenvalue weighted by Gasteiger charge is 2.36. The Bertz CT molecular complexity index is 723. The Hall–Kier alpha value is -1.87. The van der Waals surface area contributed by atoms with Crippen LogP contribution in [0.25, 0.3) is 0 Å². The SMILES string of the molecule is CS(=O)(=O)N1CCC(NC(=O)[C@H]2CC(=O)N(Cc3ccco3)C2)CC1. The number of rotatable bonds is 5. The van der Waals surface area contributed by atoms with Crippen molar-refractivity contribution in [1.29, 1.82) is 0 Å². The third kappa shape index (κ3) is 4.40. The molecule has 2 aliphatic heterocycles. The Morgan fingerprint density at radius 3 is 2.68 bits per heavy atom. The first-order valence-corrected chi connectivity index (χ1v) is 10.2. The highest BCUT2D eigenvalue weighted by molar-refractivity contribution is 7.88. The van der Waals surface area contributed by atoms with Gasteiger partial charge in [-0.1, -0.05) is 0 Å². The lowest BCUT2D eigenvalue weighted by atomic mass is 10.0. The minimum atomic E-state index is -3.17. The van der Waals surface area contributed by atoms with Crippen molar-refractivity contribution in [3.63, 3.8) is 0 Å². The number of likely N-dealkylation sites (tertiary alicyclic amines) is 1. The molecule has 2 fully saturated rings. The molecule has 25 heavy (non-hydrogen) atoms. The molecule has 0 unspecified atom stereocenters. The quantitative estimate of drug-likeness (QED) is 0.797. The van der Waals surface area contributed by atoms with Gasteiger partial charge in [0.2, 0.25) is 21.8 Å². The molecule has 1 aromatic rings. The fourth-order valence-electron chi connectivity index (χ4n) is 3.34. The molecule has 1 N–H and O–H groups in total. The molecule has 0 radical (unpaired) electrons. The summed E-state index contributed by atoms with van der Waals surface area (Å²) in [6.45, 7) is 1.59. The maximum Gasteiger partial charge on any atom is 0.225 e. The van der Waals surface area contributed by atoms with E-state index in [2.05, 4.69) is 5.32 Å². The minimum absolute atomic E-state index is 0.0419. The molecule has 9 heteroatoms. The molecule has 0 bridgehead atoms. The summed E-state index contributed by atoms with van der Waals surface area (Å²) < 4.78 is 29.7.